The maximum Gasteiger partial charge on any atom is 0.250 e. The molecule has 0 aliphatic heterocycles. The summed E-state index contributed by atoms with van der Waals surface area (Å²) in [5.41, 5.74) is 5.43. The first-order valence-electron chi connectivity index (χ1n) is 3.39. The van der Waals surface area contributed by atoms with Crippen molar-refractivity contribution < 1.29 is 9.53 Å². The zero-order valence-electron chi connectivity index (χ0n) is 6.80. The van der Waals surface area contributed by atoms with Gasteiger partial charge < -0.3 is 10.5 Å². The van der Waals surface area contributed by atoms with E-state index >= 15 is 0 Å². The minimum atomic E-state index is -0.548. The van der Waals surface area contributed by atoms with Gasteiger partial charge >= 0.3 is 0 Å². The van der Waals surface area contributed by atoms with Gasteiger partial charge in [0.25, 0.3) is 0 Å². The predicted octanol–water partition coefficient (Wildman–Crippen LogP) is 2.21. The van der Waals surface area contributed by atoms with Crippen LogP contribution in [0, 0.1) is 0 Å². The lowest BCUT2D eigenvalue weighted by Gasteiger charge is -2.06. The molecule has 1 amide bonds. The first-order chi connectivity index (χ1) is 6.06. The highest BCUT2D eigenvalue weighted by atomic mass is 79.9. The molecule has 2 N–H and O–H groups in total. The molecule has 0 saturated heterocycles. The Bertz CT molecular complexity index is 354. The first-order valence-corrected chi connectivity index (χ1v) is 4.56. The van der Waals surface area contributed by atoms with Crippen LogP contribution in [0.4, 0.5) is 0 Å². The van der Waals surface area contributed by atoms with Crippen molar-refractivity contribution in [3.05, 3.63) is 27.2 Å². The van der Waals surface area contributed by atoms with Crippen LogP contribution in [0.5, 0.6) is 5.75 Å². The van der Waals surface area contributed by atoms with Gasteiger partial charge in [0, 0.05) is 5.02 Å². The molecule has 5 heteroatoms. The topological polar surface area (TPSA) is 52.3 Å². The monoisotopic (exact) mass is 263 g/mol. The second-order valence-corrected chi connectivity index (χ2v) is 3.56. The number of hydrogen-bond acceptors (Lipinski definition) is 2. The fourth-order valence-electron chi connectivity index (χ4n) is 0.892. The van der Waals surface area contributed by atoms with Gasteiger partial charge in [0.1, 0.15) is 5.75 Å². The van der Waals surface area contributed by atoms with Crippen molar-refractivity contribution in [3.63, 3.8) is 0 Å². The third-order valence-corrected chi connectivity index (χ3v) is 2.53. The van der Waals surface area contributed by atoms with Gasteiger partial charge in [-0.2, -0.15) is 0 Å². The van der Waals surface area contributed by atoms with Gasteiger partial charge in [-0.25, -0.2) is 0 Å². The summed E-state index contributed by atoms with van der Waals surface area (Å²) in [6.45, 7) is 0. The number of primary amides is 1. The second-order valence-electron chi connectivity index (χ2n) is 2.33. The molecule has 0 spiro atoms. The number of carbonyl (C=O) groups excluding carboxylic acids is 1. The highest BCUT2D eigenvalue weighted by Gasteiger charge is 2.12. The Kier molecular flexibility index (Phi) is 3.17. The highest BCUT2D eigenvalue weighted by molar-refractivity contribution is 9.10. The molecule has 1 aromatic rings. The molecule has 70 valence electrons. The molecule has 1 rings (SSSR count). The average molecular weight is 265 g/mol. The van der Waals surface area contributed by atoms with E-state index in [4.69, 9.17) is 22.1 Å². The van der Waals surface area contributed by atoms with E-state index in [1.807, 2.05) is 0 Å². The number of rotatable bonds is 2. The molecule has 0 bridgehead atoms. The maximum atomic E-state index is 10.9. The Balaban J connectivity index is 3.35. The number of methoxy groups -OCH3 is 1. The van der Waals surface area contributed by atoms with Gasteiger partial charge in [-0.15, -0.1) is 0 Å². The Hall–Kier alpha value is -0.740. The lowest BCUT2D eigenvalue weighted by atomic mass is 10.2. The van der Waals surface area contributed by atoms with E-state index in [2.05, 4.69) is 15.9 Å². The fraction of sp³-hybridized carbons (Fsp3) is 0.125. The van der Waals surface area contributed by atoms with Crippen LogP contribution in [0.25, 0.3) is 0 Å². The van der Waals surface area contributed by atoms with E-state index in [0.717, 1.165) is 0 Å². The van der Waals surface area contributed by atoms with Crippen LogP contribution in [-0.4, -0.2) is 13.0 Å². The van der Waals surface area contributed by atoms with Gasteiger partial charge in [0.2, 0.25) is 5.91 Å². The average Bonchev–Trinajstić information content (AvgIpc) is 2.08. The predicted molar refractivity (Wildman–Crippen MR) is 54.2 cm³/mol. The summed E-state index contributed by atoms with van der Waals surface area (Å²) in [6, 6.07) is 3.08. The number of halogens is 2. The van der Waals surface area contributed by atoms with Crippen LogP contribution >= 0.6 is 27.5 Å². The molecule has 0 unspecified atom stereocenters. The molecule has 0 aliphatic carbocycles. The van der Waals surface area contributed by atoms with E-state index in [-0.39, 0.29) is 0 Å². The number of amides is 1. The summed E-state index contributed by atoms with van der Waals surface area (Å²) >= 11 is 8.93. The lowest BCUT2D eigenvalue weighted by molar-refractivity contribution is 0.0999. The molecule has 0 atom stereocenters. The normalized spacial score (nSPS) is 9.77. The zero-order chi connectivity index (χ0) is 10.0. The van der Waals surface area contributed by atoms with Gasteiger partial charge in [0.05, 0.1) is 17.1 Å². The molecule has 0 aromatic heterocycles. The molecule has 3 nitrogen and oxygen atoms in total. The summed E-state index contributed by atoms with van der Waals surface area (Å²) in [4.78, 5) is 10.9. The van der Waals surface area contributed by atoms with Crippen LogP contribution in [0.2, 0.25) is 5.02 Å². The summed E-state index contributed by atoms with van der Waals surface area (Å²) in [5, 5.41) is 0.411. The Morgan fingerprint density at radius 3 is 2.69 bits per heavy atom. The molecule has 1 aromatic carbocycles. The van der Waals surface area contributed by atoms with Crippen LogP contribution in [-0.2, 0) is 0 Å². The van der Waals surface area contributed by atoms with Crippen molar-refractivity contribution in [2.75, 3.05) is 7.11 Å². The summed E-state index contributed by atoms with van der Waals surface area (Å²) in [6.07, 6.45) is 0. The number of hydrogen-bond donors (Lipinski definition) is 1. The van der Waals surface area contributed by atoms with Gasteiger partial charge in [0.15, 0.2) is 0 Å². The van der Waals surface area contributed by atoms with Gasteiger partial charge in [-0.05, 0) is 28.1 Å². The Morgan fingerprint density at radius 1 is 1.62 bits per heavy atom. The second kappa shape index (κ2) is 3.98. The number of nitrogens with two attached hydrogens (primary N) is 1. The molecule has 0 radical (unpaired) electrons. The first kappa shape index (κ1) is 10.3. The van der Waals surface area contributed by atoms with Crippen molar-refractivity contribution in [1.29, 1.82) is 0 Å². The minimum Gasteiger partial charge on any atom is -0.495 e. The summed E-state index contributed by atoms with van der Waals surface area (Å²) < 4.78 is 5.50. The molecule has 13 heavy (non-hydrogen) atoms. The maximum absolute atomic E-state index is 10.9. The number of benzene rings is 1. The molecule has 0 heterocycles. The van der Waals surface area contributed by atoms with Gasteiger partial charge in [-0.1, -0.05) is 11.6 Å². The molecule has 0 aliphatic rings. The SMILES string of the molecule is COc1cc(Cl)cc(C(N)=O)c1Br. The molecular formula is C8H7BrClNO2. The van der Waals surface area contributed by atoms with E-state index in [0.29, 0.717) is 20.8 Å². The Labute approximate surface area is 88.9 Å². The molecular weight excluding hydrogens is 257 g/mol. The number of carbonyl (C=O) groups is 1. The third-order valence-electron chi connectivity index (χ3n) is 1.49. The smallest absolute Gasteiger partial charge is 0.250 e. The van der Waals surface area contributed by atoms with E-state index < -0.39 is 5.91 Å². The third kappa shape index (κ3) is 2.14. The van der Waals surface area contributed by atoms with Crippen molar-refractivity contribution >= 4 is 33.4 Å². The van der Waals surface area contributed by atoms with E-state index in [1.165, 1.54) is 13.2 Å². The standard InChI is InChI=1S/C8H7BrClNO2/c1-13-6-3-4(10)2-5(7(6)9)8(11)12/h2-3H,1H3,(H2,11,12). The van der Waals surface area contributed by atoms with Crippen molar-refractivity contribution in [2.24, 2.45) is 5.73 Å². The summed E-state index contributed by atoms with van der Waals surface area (Å²) in [5.74, 6) is -0.0611. The minimum absolute atomic E-state index is 0.310. The largest absolute Gasteiger partial charge is 0.495 e. The quantitative estimate of drug-likeness (QED) is 0.890. The van der Waals surface area contributed by atoms with Crippen LogP contribution in [0.15, 0.2) is 16.6 Å². The highest BCUT2D eigenvalue weighted by Crippen LogP contribution is 2.31. The van der Waals surface area contributed by atoms with E-state index in [9.17, 15) is 4.79 Å². The van der Waals surface area contributed by atoms with Gasteiger partial charge in [-0.3, -0.25) is 4.79 Å². The van der Waals surface area contributed by atoms with Crippen molar-refractivity contribution in [1.82, 2.24) is 0 Å². The Morgan fingerprint density at radius 2 is 2.23 bits per heavy atom. The van der Waals surface area contributed by atoms with Crippen LogP contribution in [0.1, 0.15) is 10.4 Å². The zero-order valence-corrected chi connectivity index (χ0v) is 9.15. The van der Waals surface area contributed by atoms with Crippen LogP contribution < -0.4 is 10.5 Å². The molecule has 0 fully saturated rings. The summed E-state index contributed by atoms with van der Waals surface area (Å²) in [7, 11) is 1.49. The van der Waals surface area contributed by atoms with E-state index in [1.54, 1.807) is 6.07 Å². The molecule has 0 saturated carbocycles. The van der Waals surface area contributed by atoms with Crippen LogP contribution in [0.3, 0.4) is 0 Å². The van der Waals surface area contributed by atoms with Crippen molar-refractivity contribution in [2.45, 2.75) is 0 Å². The lowest BCUT2D eigenvalue weighted by Crippen LogP contribution is -2.12. The number of ether oxygens (including phenoxy) is 1. The van der Waals surface area contributed by atoms with Crippen molar-refractivity contribution in [3.8, 4) is 5.75 Å². The fourth-order valence-corrected chi connectivity index (χ4v) is 1.69.